The van der Waals surface area contributed by atoms with Gasteiger partial charge in [-0.25, -0.2) is 0 Å². The van der Waals surface area contributed by atoms with Crippen LogP contribution in [0.3, 0.4) is 0 Å². The summed E-state index contributed by atoms with van der Waals surface area (Å²) < 4.78 is 13.8. The van der Waals surface area contributed by atoms with Gasteiger partial charge in [-0.15, -0.1) is 5.10 Å². The third-order valence-electron chi connectivity index (χ3n) is 8.08. The molecule has 3 atom stereocenters. The number of aliphatic hydroxyl groups is 1. The Hall–Kier alpha value is -4.52. The van der Waals surface area contributed by atoms with Gasteiger partial charge in [0.25, 0.3) is 0 Å². The second kappa shape index (κ2) is 7.74. The number of para-hydroxylation sites is 1. The van der Waals surface area contributed by atoms with Crippen LogP contribution in [0.5, 0.6) is 17.6 Å². The zero-order chi connectivity index (χ0) is 26.2. The number of nitriles is 1. The second-order valence-electron chi connectivity index (χ2n) is 10.1. The molecule has 190 valence electrons. The maximum atomic E-state index is 11.6. The molecule has 4 heterocycles. The van der Waals surface area contributed by atoms with E-state index < -0.39 is 17.3 Å². The highest BCUT2D eigenvalue weighted by atomic mass is 16.6. The van der Waals surface area contributed by atoms with Crippen LogP contribution in [-0.4, -0.2) is 42.8 Å². The zero-order valence-corrected chi connectivity index (χ0v) is 20.5. The summed E-state index contributed by atoms with van der Waals surface area (Å²) in [5.41, 5.74) is 0.426. The highest BCUT2D eigenvalue weighted by Crippen LogP contribution is 2.65. The first-order valence-electron chi connectivity index (χ1n) is 12.4. The van der Waals surface area contributed by atoms with Crippen LogP contribution in [0.25, 0.3) is 27.4 Å². The van der Waals surface area contributed by atoms with E-state index in [2.05, 4.69) is 16.3 Å². The minimum atomic E-state index is -1.20. The Morgan fingerprint density at radius 3 is 2.55 bits per heavy atom. The van der Waals surface area contributed by atoms with E-state index in [1.807, 2.05) is 48.5 Å². The molecule has 5 aromatic rings. The van der Waals surface area contributed by atoms with Crippen molar-refractivity contribution in [3.05, 3.63) is 77.4 Å². The lowest BCUT2D eigenvalue weighted by Gasteiger charge is -2.26. The largest absolute Gasteiger partial charge is 0.494 e. The molecule has 2 aromatic heterocycles. The number of aliphatic hydroxyl groups excluding tert-OH is 1. The fraction of sp³-hybridized carbons (Fsp3) is 0.241. The van der Waals surface area contributed by atoms with Gasteiger partial charge in [0.15, 0.2) is 0 Å². The first kappa shape index (κ1) is 22.7. The van der Waals surface area contributed by atoms with E-state index in [9.17, 15) is 20.6 Å². The van der Waals surface area contributed by atoms with Crippen LogP contribution in [0, 0.1) is 11.3 Å². The van der Waals surface area contributed by atoms with Crippen molar-refractivity contribution in [3.8, 4) is 29.4 Å². The van der Waals surface area contributed by atoms with Crippen LogP contribution in [0.4, 0.5) is 0 Å². The molecule has 2 bridgehead atoms. The van der Waals surface area contributed by atoms with E-state index in [1.165, 1.54) is 4.57 Å². The molecule has 1 fully saturated rings. The van der Waals surface area contributed by atoms with Crippen molar-refractivity contribution in [2.24, 2.45) is 0 Å². The summed E-state index contributed by atoms with van der Waals surface area (Å²) in [4.78, 5) is 0. The number of hydrogen-bond acceptors (Lipinski definition) is 7. The van der Waals surface area contributed by atoms with E-state index in [4.69, 9.17) is 9.47 Å². The Kier molecular flexibility index (Phi) is 4.62. The minimum Gasteiger partial charge on any atom is -0.494 e. The predicted molar refractivity (Wildman–Crippen MR) is 138 cm³/mol. The lowest BCUT2D eigenvalue weighted by Crippen LogP contribution is -2.33. The molecule has 0 spiro atoms. The van der Waals surface area contributed by atoms with Gasteiger partial charge in [0.2, 0.25) is 17.6 Å². The molecule has 9 nitrogen and oxygen atoms in total. The number of hydrogen-bond donors (Lipinski definition) is 4. The smallest absolute Gasteiger partial charge is 0.240 e. The average Bonchev–Trinajstić information content (AvgIpc) is 3.61. The van der Waals surface area contributed by atoms with E-state index in [-0.39, 0.29) is 24.8 Å². The molecule has 0 unspecified atom stereocenters. The quantitative estimate of drug-likeness (QED) is 0.275. The first-order chi connectivity index (χ1) is 18.4. The third-order valence-corrected chi connectivity index (χ3v) is 8.08. The van der Waals surface area contributed by atoms with Crippen molar-refractivity contribution >= 4 is 21.7 Å². The molecular weight excluding hydrogens is 484 g/mol. The number of nitrogens with zero attached hydrogens (tertiary/aromatic N) is 3. The standard InChI is InChI=1S/C29H24N4O5/c1-28-22(34)14-29(38-28,12-13-37-25-19-8-4-5-9-20(19)31-32-25)24-23(28)26(35)33(27(24)36)21-11-10-16(15-30)17-6-2-3-7-18(17)21/h2-11,22,34-36H,12-14H2,1H3,(H,31,32)/t22-,28-,29+/m0/s1. The third kappa shape index (κ3) is 2.84. The monoisotopic (exact) mass is 508 g/mol. The maximum absolute atomic E-state index is 11.6. The molecule has 38 heavy (non-hydrogen) atoms. The number of aromatic hydroxyl groups is 2. The second-order valence-corrected chi connectivity index (χ2v) is 10.1. The number of rotatable bonds is 5. The van der Waals surface area contributed by atoms with E-state index in [0.29, 0.717) is 45.5 Å². The van der Waals surface area contributed by atoms with E-state index in [0.717, 1.165) is 10.9 Å². The highest BCUT2D eigenvalue weighted by molar-refractivity contribution is 5.95. The van der Waals surface area contributed by atoms with Gasteiger partial charge in [-0.2, -0.15) is 5.26 Å². The lowest BCUT2D eigenvalue weighted by molar-refractivity contribution is -0.107. The Bertz CT molecular complexity index is 1800. The number of benzene rings is 3. The number of fused-ring (bicyclic) bond motifs is 7. The van der Waals surface area contributed by atoms with Crippen LogP contribution in [0.2, 0.25) is 0 Å². The van der Waals surface area contributed by atoms with Crippen molar-refractivity contribution in [2.75, 3.05) is 6.61 Å². The number of ether oxygens (including phenoxy) is 2. The summed E-state index contributed by atoms with van der Waals surface area (Å²) >= 11 is 0. The van der Waals surface area contributed by atoms with E-state index in [1.54, 1.807) is 19.1 Å². The Morgan fingerprint density at radius 1 is 1.05 bits per heavy atom. The van der Waals surface area contributed by atoms with Crippen molar-refractivity contribution in [2.45, 2.75) is 37.1 Å². The van der Waals surface area contributed by atoms with Crippen LogP contribution in [0.15, 0.2) is 60.7 Å². The summed E-state index contributed by atoms with van der Waals surface area (Å²) in [6.45, 7) is 1.94. The molecule has 0 amide bonds. The Morgan fingerprint density at radius 2 is 1.76 bits per heavy atom. The topological polar surface area (TPSA) is 137 Å². The SMILES string of the molecule is C[C@]12O[C@](CCOc3n[nH]c4ccccc34)(C[C@@H]1O)c1c2c(O)n(-c2ccc(C#N)c3ccccc23)c1O. The maximum Gasteiger partial charge on any atom is 0.240 e. The summed E-state index contributed by atoms with van der Waals surface area (Å²) in [7, 11) is 0. The molecule has 0 radical (unpaired) electrons. The molecule has 1 saturated heterocycles. The highest BCUT2D eigenvalue weighted by Gasteiger charge is 2.66. The number of H-pyrrole nitrogens is 1. The van der Waals surface area contributed by atoms with Gasteiger partial charge >= 0.3 is 0 Å². The van der Waals surface area contributed by atoms with Crippen molar-refractivity contribution < 1.29 is 24.8 Å². The van der Waals surface area contributed by atoms with Crippen LogP contribution in [0.1, 0.15) is 36.5 Å². The number of aromatic nitrogens is 3. The number of nitrogens with one attached hydrogen (secondary N) is 1. The number of aromatic amines is 1. The van der Waals surface area contributed by atoms with Gasteiger partial charge in [0.1, 0.15) is 11.2 Å². The van der Waals surface area contributed by atoms with Gasteiger partial charge in [-0.1, -0.05) is 36.4 Å². The van der Waals surface area contributed by atoms with Gasteiger partial charge < -0.3 is 24.8 Å². The van der Waals surface area contributed by atoms with Gasteiger partial charge in [-0.3, -0.25) is 9.67 Å². The van der Waals surface area contributed by atoms with E-state index >= 15 is 0 Å². The van der Waals surface area contributed by atoms with Gasteiger partial charge in [0, 0.05) is 23.6 Å². The molecule has 2 aliphatic heterocycles. The average molecular weight is 509 g/mol. The summed E-state index contributed by atoms with van der Waals surface area (Å²) in [6.07, 6.45) is -0.328. The molecule has 7 rings (SSSR count). The molecule has 9 heteroatoms. The van der Waals surface area contributed by atoms with Crippen molar-refractivity contribution in [1.82, 2.24) is 14.8 Å². The lowest BCUT2D eigenvalue weighted by atomic mass is 9.76. The predicted octanol–water partition coefficient (Wildman–Crippen LogP) is 4.46. The summed E-state index contributed by atoms with van der Waals surface area (Å²) in [5.74, 6) is 0.105. The summed E-state index contributed by atoms with van der Waals surface area (Å²) in [5, 5.41) is 53.1. The normalized spacial score (nSPS) is 23.7. The van der Waals surface area contributed by atoms with Crippen LogP contribution in [-0.2, 0) is 15.9 Å². The van der Waals surface area contributed by atoms with Crippen LogP contribution >= 0.6 is 0 Å². The Balaban J connectivity index is 1.32. The Labute approximate surface area is 217 Å². The van der Waals surface area contributed by atoms with Crippen molar-refractivity contribution in [3.63, 3.8) is 0 Å². The van der Waals surface area contributed by atoms with Gasteiger partial charge in [-0.05, 0) is 31.2 Å². The molecule has 2 aliphatic rings. The molecule has 3 aromatic carbocycles. The first-order valence-corrected chi connectivity index (χ1v) is 12.4. The zero-order valence-electron chi connectivity index (χ0n) is 20.5. The molecule has 0 saturated carbocycles. The fourth-order valence-electron chi connectivity index (χ4n) is 6.29. The summed E-state index contributed by atoms with van der Waals surface area (Å²) in [6, 6.07) is 20.6. The fourth-order valence-corrected chi connectivity index (χ4v) is 6.29. The molecular formula is C29H24N4O5. The molecule has 4 N–H and O–H groups in total. The van der Waals surface area contributed by atoms with Crippen molar-refractivity contribution in [1.29, 1.82) is 5.26 Å². The van der Waals surface area contributed by atoms with Gasteiger partial charge in [0.05, 0.1) is 52.1 Å². The molecule has 0 aliphatic carbocycles. The minimum absolute atomic E-state index is 0.159. The van der Waals surface area contributed by atoms with Crippen LogP contribution < -0.4 is 4.74 Å².